The molecule has 16 heavy (non-hydrogen) atoms. The fourth-order valence-corrected chi connectivity index (χ4v) is 1.29. The van der Waals surface area contributed by atoms with Gasteiger partial charge < -0.3 is 15.1 Å². The molecule has 0 aromatic rings. The summed E-state index contributed by atoms with van der Waals surface area (Å²) in [7, 11) is 0. The van der Waals surface area contributed by atoms with Crippen molar-refractivity contribution in [2.45, 2.75) is 40.2 Å². The lowest BCUT2D eigenvalue weighted by molar-refractivity contribution is -0.159. The molecule has 2 N–H and O–H groups in total. The predicted molar refractivity (Wildman–Crippen MR) is 60.0 cm³/mol. The molecule has 0 aromatic carbocycles. The van der Waals surface area contributed by atoms with E-state index in [1.807, 2.05) is 13.8 Å². The van der Waals surface area contributed by atoms with E-state index in [2.05, 4.69) is 0 Å². The average molecular weight is 231 g/mol. The zero-order chi connectivity index (χ0) is 12.9. The highest BCUT2D eigenvalue weighted by molar-refractivity contribution is 6.01. The van der Waals surface area contributed by atoms with Crippen molar-refractivity contribution in [2.75, 3.05) is 13.2 Å². The number of amides is 1. The van der Waals surface area contributed by atoms with Crippen molar-refractivity contribution in [2.24, 2.45) is 5.41 Å². The van der Waals surface area contributed by atoms with E-state index in [0.29, 0.717) is 13.0 Å². The second-order valence-electron chi connectivity index (χ2n) is 4.60. The van der Waals surface area contributed by atoms with Gasteiger partial charge >= 0.3 is 5.97 Å². The van der Waals surface area contributed by atoms with Crippen LogP contribution in [0.2, 0.25) is 0 Å². The molecule has 0 aromatic heterocycles. The van der Waals surface area contributed by atoms with Crippen molar-refractivity contribution >= 4 is 11.9 Å². The van der Waals surface area contributed by atoms with Gasteiger partial charge in [-0.15, -0.1) is 0 Å². The molecule has 0 radical (unpaired) electrons. The van der Waals surface area contributed by atoms with E-state index < -0.39 is 17.3 Å². The Balaban J connectivity index is 4.80. The number of carboxylic acids is 1. The number of aliphatic carboxylic acids is 1. The standard InChI is InChI=1S/C11H21NO4/c1-8(2)12(6-5-7-13)9(14)11(3,4)10(15)16/h8,13H,5-7H2,1-4H3,(H,15,16). The lowest BCUT2D eigenvalue weighted by Crippen LogP contribution is -2.48. The molecule has 0 spiro atoms. The zero-order valence-corrected chi connectivity index (χ0v) is 10.4. The number of carbonyl (C=O) groups is 2. The van der Waals surface area contributed by atoms with Crippen molar-refractivity contribution in [3.05, 3.63) is 0 Å². The van der Waals surface area contributed by atoms with Crippen LogP contribution in [0.5, 0.6) is 0 Å². The number of nitrogens with zero attached hydrogens (tertiary/aromatic N) is 1. The average Bonchev–Trinajstić information content (AvgIpc) is 2.17. The largest absolute Gasteiger partial charge is 0.480 e. The third kappa shape index (κ3) is 3.48. The first-order valence-electron chi connectivity index (χ1n) is 5.40. The predicted octanol–water partition coefficient (Wildman–Crippen LogP) is 0.717. The van der Waals surface area contributed by atoms with Crippen LogP contribution in [-0.2, 0) is 9.59 Å². The molecule has 0 saturated carbocycles. The molecular weight excluding hydrogens is 210 g/mol. The van der Waals surface area contributed by atoms with Gasteiger partial charge in [0.25, 0.3) is 0 Å². The van der Waals surface area contributed by atoms with E-state index >= 15 is 0 Å². The molecule has 0 unspecified atom stereocenters. The topological polar surface area (TPSA) is 77.8 Å². The monoisotopic (exact) mass is 231 g/mol. The first-order chi connectivity index (χ1) is 7.25. The number of rotatable bonds is 6. The number of carbonyl (C=O) groups excluding carboxylic acids is 1. The maximum absolute atomic E-state index is 12.0. The summed E-state index contributed by atoms with van der Waals surface area (Å²) in [6.45, 7) is 6.81. The summed E-state index contributed by atoms with van der Waals surface area (Å²) in [6, 6.07) is -0.0716. The number of aliphatic hydroxyl groups excluding tert-OH is 1. The van der Waals surface area contributed by atoms with Crippen LogP contribution in [0.15, 0.2) is 0 Å². The Bertz CT molecular complexity index is 261. The quantitative estimate of drug-likeness (QED) is 0.660. The molecule has 0 atom stereocenters. The van der Waals surface area contributed by atoms with Crippen molar-refractivity contribution in [1.82, 2.24) is 4.90 Å². The summed E-state index contributed by atoms with van der Waals surface area (Å²) >= 11 is 0. The first-order valence-corrected chi connectivity index (χ1v) is 5.40. The van der Waals surface area contributed by atoms with Gasteiger partial charge in [-0.05, 0) is 34.1 Å². The van der Waals surface area contributed by atoms with Crippen LogP contribution in [-0.4, -0.2) is 46.2 Å². The second-order valence-corrected chi connectivity index (χ2v) is 4.60. The van der Waals surface area contributed by atoms with Gasteiger partial charge in [-0.3, -0.25) is 9.59 Å². The fourth-order valence-electron chi connectivity index (χ4n) is 1.29. The summed E-state index contributed by atoms with van der Waals surface area (Å²) < 4.78 is 0. The van der Waals surface area contributed by atoms with Gasteiger partial charge in [0.2, 0.25) is 5.91 Å². The van der Waals surface area contributed by atoms with Gasteiger partial charge in [0.05, 0.1) is 0 Å². The fraction of sp³-hybridized carbons (Fsp3) is 0.818. The van der Waals surface area contributed by atoms with E-state index in [9.17, 15) is 9.59 Å². The van der Waals surface area contributed by atoms with Gasteiger partial charge in [0.1, 0.15) is 5.41 Å². The maximum atomic E-state index is 12.0. The van der Waals surface area contributed by atoms with E-state index in [1.165, 1.54) is 18.7 Å². The lowest BCUT2D eigenvalue weighted by atomic mass is 9.91. The van der Waals surface area contributed by atoms with Crippen LogP contribution < -0.4 is 0 Å². The highest BCUT2D eigenvalue weighted by Gasteiger charge is 2.39. The molecular formula is C11H21NO4. The van der Waals surface area contributed by atoms with Gasteiger partial charge in [-0.1, -0.05) is 0 Å². The number of aliphatic hydroxyl groups is 1. The van der Waals surface area contributed by atoms with Crippen molar-refractivity contribution in [3.63, 3.8) is 0 Å². The molecule has 94 valence electrons. The van der Waals surface area contributed by atoms with Crippen LogP contribution in [0.25, 0.3) is 0 Å². The van der Waals surface area contributed by atoms with E-state index in [0.717, 1.165) is 0 Å². The number of hydrogen-bond donors (Lipinski definition) is 2. The van der Waals surface area contributed by atoms with Crippen molar-refractivity contribution < 1.29 is 19.8 Å². The summed E-state index contributed by atoms with van der Waals surface area (Å²) in [5.41, 5.74) is -1.42. The van der Waals surface area contributed by atoms with E-state index in [4.69, 9.17) is 10.2 Å². The highest BCUT2D eigenvalue weighted by Crippen LogP contribution is 2.20. The Labute approximate surface area is 96.1 Å². The lowest BCUT2D eigenvalue weighted by Gasteiger charge is -2.32. The van der Waals surface area contributed by atoms with Crippen LogP contribution in [0, 0.1) is 5.41 Å². The summed E-state index contributed by atoms with van der Waals surface area (Å²) in [6.07, 6.45) is 0.458. The normalized spacial score (nSPS) is 11.6. The Morgan fingerprint density at radius 2 is 1.81 bits per heavy atom. The Kier molecular flexibility index (Phi) is 5.44. The first kappa shape index (κ1) is 14.9. The number of hydrogen-bond acceptors (Lipinski definition) is 3. The summed E-state index contributed by atoms with van der Waals surface area (Å²) in [5, 5.41) is 17.7. The van der Waals surface area contributed by atoms with Crippen molar-refractivity contribution in [1.29, 1.82) is 0 Å². The van der Waals surface area contributed by atoms with E-state index in [1.54, 1.807) is 0 Å². The number of carboxylic acid groups (broad SMARTS) is 1. The SMILES string of the molecule is CC(C)N(CCCO)C(=O)C(C)(C)C(=O)O. The smallest absolute Gasteiger partial charge is 0.318 e. The van der Waals surface area contributed by atoms with Gasteiger partial charge in [-0.25, -0.2) is 0 Å². The highest BCUT2D eigenvalue weighted by atomic mass is 16.4. The minimum absolute atomic E-state index is 0.00992. The molecule has 0 aliphatic heterocycles. The Morgan fingerprint density at radius 3 is 2.12 bits per heavy atom. The van der Waals surface area contributed by atoms with Crippen molar-refractivity contribution in [3.8, 4) is 0 Å². The Hall–Kier alpha value is -1.10. The van der Waals surface area contributed by atoms with Gasteiger partial charge in [0.15, 0.2) is 0 Å². The molecule has 0 bridgehead atoms. The molecule has 0 saturated heterocycles. The second kappa shape index (κ2) is 5.84. The van der Waals surface area contributed by atoms with Gasteiger partial charge in [0, 0.05) is 19.2 Å². The maximum Gasteiger partial charge on any atom is 0.318 e. The zero-order valence-electron chi connectivity index (χ0n) is 10.4. The molecule has 0 heterocycles. The molecule has 5 nitrogen and oxygen atoms in total. The van der Waals surface area contributed by atoms with E-state index in [-0.39, 0.29) is 12.6 Å². The molecule has 5 heteroatoms. The molecule has 1 amide bonds. The third-order valence-electron chi connectivity index (χ3n) is 2.51. The van der Waals surface area contributed by atoms with Crippen LogP contribution in [0.3, 0.4) is 0 Å². The minimum atomic E-state index is -1.42. The molecule has 0 rings (SSSR count). The van der Waals surface area contributed by atoms with Crippen LogP contribution in [0.4, 0.5) is 0 Å². The minimum Gasteiger partial charge on any atom is -0.480 e. The summed E-state index contributed by atoms with van der Waals surface area (Å²) in [5.74, 6) is -1.55. The molecule has 0 fully saturated rings. The molecule has 0 aliphatic rings. The summed E-state index contributed by atoms with van der Waals surface area (Å²) in [4.78, 5) is 24.5. The molecule has 0 aliphatic carbocycles. The third-order valence-corrected chi connectivity index (χ3v) is 2.51. The Morgan fingerprint density at radius 1 is 1.31 bits per heavy atom. The van der Waals surface area contributed by atoms with Crippen LogP contribution in [0.1, 0.15) is 34.1 Å². The van der Waals surface area contributed by atoms with Crippen LogP contribution >= 0.6 is 0 Å². The van der Waals surface area contributed by atoms with Gasteiger partial charge in [-0.2, -0.15) is 0 Å².